The molecule has 2 unspecified atom stereocenters. The van der Waals surface area contributed by atoms with E-state index < -0.39 is 35.5 Å². The first-order valence-corrected chi connectivity index (χ1v) is 21.4. The van der Waals surface area contributed by atoms with Crippen LogP contribution < -0.4 is 20.0 Å². The Labute approximate surface area is 353 Å². The van der Waals surface area contributed by atoms with Crippen molar-refractivity contribution in [3.05, 3.63) is 93.5 Å². The molecular formula is C45H48ClFN8O5. The number of amides is 5. The molecule has 5 amide bonds. The highest BCUT2D eigenvalue weighted by Crippen LogP contribution is 2.48. The number of benzene rings is 3. The summed E-state index contributed by atoms with van der Waals surface area (Å²) in [6, 6.07) is 15.9. The lowest BCUT2D eigenvalue weighted by Gasteiger charge is -2.44. The molecule has 6 aliphatic rings. The smallest absolute Gasteiger partial charge is 0.262 e. The molecule has 312 valence electrons. The van der Waals surface area contributed by atoms with Crippen LogP contribution in [-0.4, -0.2) is 121 Å². The van der Waals surface area contributed by atoms with Gasteiger partial charge in [-0.05, 0) is 99.4 Å². The number of hydrogen-bond acceptors (Lipinski definition) is 9. The second-order valence-corrected chi connectivity index (χ2v) is 17.5. The number of piperazine rings is 1. The average molecular weight is 835 g/mol. The van der Waals surface area contributed by atoms with Crippen molar-refractivity contribution in [3.8, 4) is 0 Å². The minimum absolute atomic E-state index is 0.0138. The number of carbonyl (C=O) groups is 5. The fourth-order valence-electron chi connectivity index (χ4n) is 10.6. The van der Waals surface area contributed by atoms with E-state index in [0.717, 1.165) is 87.2 Å². The lowest BCUT2D eigenvalue weighted by atomic mass is 9.73. The average Bonchev–Trinajstić information content (AvgIpc) is 3.70. The van der Waals surface area contributed by atoms with E-state index in [0.29, 0.717) is 48.5 Å². The molecule has 0 aromatic heterocycles. The summed E-state index contributed by atoms with van der Waals surface area (Å²) >= 11 is 6.38. The van der Waals surface area contributed by atoms with Gasteiger partial charge in [-0.25, -0.2) is 9.24 Å². The van der Waals surface area contributed by atoms with Crippen molar-refractivity contribution in [3.63, 3.8) is 0 Å². The maximum atomic E-state index is 15.5. The summed E-state index contributed by atoms with van der Waals surface area (Å²) in [5.41, 5.74) is 3.87. The molecule has 3 aromatic rings. The van der Waals surface area contributed by atoms with E-state index in [-0.39, 0.29) is 47.0 Å². The Morgan fingerprint density at radius 1 is 0.800 bits per heavy atom. The van der Waals surface area contributed by atoms with Gasteiger partial charge in [0.15, 0.2) is 0 Å². The van der Waals surface area contributed by atoms with E-state index in [4.69, 9.17) is 18.2 Å². The second kappa shape index (κ2) is 15.8. The Morgan fingerprint density at radius 2 is 1.45 bits per heavy atom. The molecular weight excluding hydrogens is 787 g/mol. The molecule has 5 saturated heterocycles. The minimum atomic E-state index is -1.10. The largest absolute Gasteiger partial charge is 0.371 e. The van der Waals surface area contributed by atoms with Gasteiger partial charge in [-0.1, -0.05) is 17.7 Å². The Hall–Kier alpha value is -5.52. The van der Waals surface area contributed by atoms with Gasteiger partial charge in [-0.15, -0.1) is 0 Å². The lowest BCUT2D eigenvalue weighted by molar-refractivity contribution is -0.136. The molecule has 9 rings (SSSR count). The molecule has 13 nitrogen and oxygen atoms in total. The number of rotatable bonds is 6. The van der Waals surface area contributed by atoms with Crippen molar-refractivity contribution in [2.24, 2.45) is 5.41 Å². The zero-order chi connectivity index (χ0) is 41.9. The minimum Gasteiger partial charge on any atom is -0.371 e. The van der Waals surface area contributed by atoms with Crippen LogP contribution in [0.4, 0.5) is 27.1 Å². The summed E-state index contributed by atoms with van der Waals surface area (Å²) in [5, 5.41) is 2.69. The predicted octanol–water partition coefficient (Wildman–Crippen LogP) is 5.74. The standard InChI is InChI=1S/C45H48ClFN8O5/c1-28-45(15-20-54(28)32-7-8-37(48-2)35(46)25-32)13-18-50(19-14-45)30-5-3-29(4-6-30)42(58)53-23-21-51(22-24-53)31-11-16-52(17-12-31)39-27-34-33(26-36(39)47)43(59)55(44(34)60)38-9-10-40(56)49-41(38)57/h3-8,25-28,31,38H,9-24H2,1H3,(H,49,56,57). The van der Waals surface area contributed by atoms with Gasteiger partial charge < -0.3 is 19.6 Å². The van der Waals surface area contributed by atoms with Crippen molar-refractivity contribution in [1.82, 2.24) is 20.0 Å². The van der Waals surface area contributed by atoms with Gasteiger partial charge in [-0.2, -0.15) is 0 Å². The fraction of sp³-hybridized carbons (Fsp3) is 0.467. The normalized spacial score (nSPS) is 23.7. The summed E-state index contributed by atoms with van der Waals surface area (Å²) in [6.45, 7) is 16.4. The molecule has 2 atom stereocenters. The van der Waals surface area contributed by atoms with Crippen LogP contribution in [0.15, 0.2) is 54.6 Å². The third-order valence-electron chi connectivity index (χ3n) is 14.3. The van der Waals surface area contributed by atoms with Crippen LogP contribution in [0.2, 0.25) is 5.02 Å². The zero-order valence-corrected chi connectivity index (χ0v) is 34.4. The van der Waals surface area contributed by atoms with Crippen LogP contribution in [0.25, 0.3) is 4.85 Å². The quantitative estimate of drug-likeness (QED) is 0.245. The molecule has 60 heavy (non-hydrogen) atoms. The second-order valence-electron chi connectivity index (χ2n) is 17.1. The highest BCUT2D eigenvalue weighted by molar-refractivity contribution is 6.33. The van der Waals surface area contributed by atoms with Crippen molar-refractivity contribution in [2.75, 3.05) is 73.6 Å². The van der Waals surface area contributed by atoms with Gasteiger partial charge >= 0.3 is 0 Å². The number of fused-ring (bicyclic) bond motifs is 1. The lowest BCUT2D eigenvalue weighted by Crippen LogP contribution is -2.54. The number of halogens is 2. The molecule has 0 saturated carbocycles. The molecule has 15 heteroatoms. The molecule has 0 radical (unpaired) electrons. The molecule has 5 fully saturated rings. The van der Waals surface area contributed by atoms with Crippen LogP contribution in [0.3, 0.4) is 0 Å². The monoisotopic (exact) mass is 834 g/mol. The van der Waals surface area contributed by atoms with E-state index >= 15 is 4.39 Å². The first-order valence-electron chi connectivity index (χ1n) is 21.1. The molecule has 0 aliphatic carbocycles. The van der Waals surface area contributed by atoms with Crippen LogP contribution >= 0.6 is 11.6 Å². The Balaban J connectivity index is 0.747. The van der Waals surface area contributed by atoms with Crippen molar-refractivity contribution >= 4 is 63.9 Å². The maximum absolute atomic E-state index is 15.5. The van der Waals surface area contributed by atoms with Gasteiger partial charge in [0.25, 0.3) is 17.7 Å². The molecule has 1 N–H and O–H groups in total. The predicted molar refractivity (Wildman–Crippen MR) is 225 cm³/mol. The number of hydrogen-bond donors (Lipinski definition) is 1. The molecule has 0 bridgehead atoms. The number of carbonyl (C=O) groups excluding carboxylic acids is 5. The van der Waals surface area contributed by atoms with Crippen LogP contribution in [0.5, 0.6) is 0 Å². The number of imide groups is 2. The summed E-state index contributed by atoms with van der Waals surface area (Å²) < 4.78 is 15.5. The van der Waals surface area contributed by atoms with Crippen LogP contribution in [0.1, 0.15) is 82.9 Å². The SMILES string of the molecule is [C-]#[N+]c1ccc(N2CCC3(CCN(c4ccc(C(=O)N5CCN(C6CCN(c7cc8c(cc7F)C(=O)N(C7CCC(=O)NC7=O)C8=O)CC6)CC5)cc4)CC3)C2C)cc1Cl. The summed E-state index contributed by atoms with van der Waals surface area (Å²) in [5.74, 6) is -3.09. The first kappa shape index (κ1) is 39.9. The Kier molecular flexibility index (Phi) is 10.5. The highest BCUT2D eigenvalue weighted by Gasteiger charge is 2.47. The van der Waals surface area contributed by atoms with E-state index in [9.17, 15) is 24.0 Å². The Morgan fingerprint density at radius 3 is 2.10 bits per heavy atom. The molecule has 6 aliphatic heterocycles. The fourth-order valence-corrected chi connectivity index (χ4v) is 10.8. The van der Waals surface area contributed by atoms with E-state index in [1.807, 2.05) is 40.1 Å². The van der Waals surface area contributed by atoms with Gasteiger partial charge in [0.1, 0.15) is 11.9 Å². The van der Waals surface area contributed by atoms with Gasteiger partial charge in [0.2, 0.25) is 17.5 Å². The van der Waals surface area contributed by atoms with Crippen molar-refractivity contribution in [2.45, 2.75) is 70.0 Å². The number of nitrogens with zero attached hydrogens (tertiary/aromatic N) is 7. The number of nitrogens with one attached hydrogen (secondary N) is 1. The van der Waals surface area contributed by atoms with Crippen molar-refractivity contribution in [1.29, 1.82) is 0 Å². The van der Waals surface area contributed by atoms with Crippen LogP contribution in [0, 0.1) is 17.8 Å². The summed E-state index contributed by atoms with van der Waals surface area (Å²) in [6.07, 6.45) is 4.91. The van der Waals surface area contributed by atoms with Crippen molar-refractivity contribution < 1.29 is 28.4 Å². The third kappa shape index (κ3) is 7.05. The maximum Gasteiger partial charge on any atom is 0.262 e. The van der Waals surface area contributed by atoms with Crippen LogP contribution in [-0.2, 0) is 9.59 Å². The number of piperidine rings is 3. The highest BCUT2D eigenvalue weighted by atomic mass is 35.5. The molecule has 6 heterocycles. The third-order valence-corrected chi connectivity index (χ3v) is 14.6. The number of anilines is 3. The summed E-state index contributed by atoms with van der Waals surface area (Å²) in [4.78, 5) is 79.7. The topological polar surface area (TPSA) is 121 Å². The van der Waals surface area contributed by atoms with Gasteiger partial charge in [0, 0.05) is 99.4 Å². The molecule has 1 spiro atoms. The molecule has 3 aromatic carbocycles. The van der Waals surface area contributed by atoms with E-state index in [1.54, 1.807) is 0 Å². The van der Waals surface area contributed by atoms with E-state index in [1.165, 1.54) is 6.07 Å². The van der Waals surface area contributed by atoms with E-state index in [2.05, 4.69) is 43.9 Å². The van der Waals surface area contributed by atoms with Gasteiger partial charge in [-0.3, -0.25) is 39.1 Å². The Bertz CT molecular complexity index is 2290. The summed E-state index contributed by atoms with van der Waals surface area (Å²) in [7, 11) is 0. The van der Waals surface area contributed by atoms with Gasteiger partial charge in [0.05, 0.1) is 23.4 Å². The first-order chi connectivity index (χ1) is 28.9. The zero-order valence-electron chi connectivity index (χ0n) is 33.7.